The van der Waals surface area contributed by atoms with E-state index in [2.05, 4.69) is 4.98 Å². The maximum atomic E-state index is 12.1. The van der Waals surface area contributed by atoms with Crippen molar-refractivity contribution in [1.82, 2.24) is 14.8 Å². The Labute approximate surface area is 110 Å². The predicted octanol–water partition coefficient (Wildman–Crippen LogP) is 1.37. The minimum atomic E-state index is 0.0838. The molecule has 2 amide bonds. The van der Waals surface area contributed by atoms with Crippen LogP contribution >= 0.6 is 11.6 Å². The number of rotatable bonds is 4. The van der Waals surface area contributed by atoms with Gasteiger partial charge in [-0.1, -0.05) is 17.7 Å². The molecule has 1 aromatic heterocycles. The van der Waals surface area contributed by atoms with Gasteiger partial charge in [-0.2, -0.15) is 0 Å². The summed E-state index contributed by atoms with van der Waals surface area (Å²) < 4.78 is 5.15. The first-order valence-electron chi connectivity index (χ1n) is 5.98. The lowest BCUT2D eigenvalue weighted by Crippen LogP contribution is -2.33. The van der Waals surface area contributed by atoms with Gasteiger partial charge in [0.15, 0.2) is 0 Å². The van der Waals surface area contributed by atoms with Crippen LogP contribution in [0.2, 0.25) is 5.15 Å². The molecule has 0 aliphatic carbocycles. The van der Waals surface area contributed by atoms with Crippen LogP contribution in [-0.2, 0) is 11.3 Å². The summed E-state index contributed by atoms with van der Waals surface area (Å²) in [7, 11) is 0. The van der Waals surface area contributed by atoms with E-state index >= 15 is 0 Å². The molecule has 1 unspecified atom stereocenters. The van der Waals surface area contributed by atoms with Crippen LogP contribution in [0.15, 0.2) is 18.3 Å². The van der Waals surface area contributed by atoms with Gasteiger partial charge in [0.1, 0.15) is 5.15 Å². The van der Waals surface area contributed by atoms with E-state index in [9.17, 15) is 4.79 Å². The van der Waals surface area contributed by atoms with Crippen LogP contribution < -0.4 is 0 Å². The van der Waals surface area contributed by atoms with Crippen molar-refractivity contribution in [3.8, 4) is 0 Å². The van der Waals surface area contributed by atoms with Crippen molar-refractivity contribution in [1.29, 1.82) is 0 Å². The number of carbonyl (C=O) groups is 1. The van der Waals surface area contributed by atoms with Crippen molar-refractivity contribution in [3.63, 3.8) is 0 Å². The van der Waals surface area contributed by atoms with E-state index in [1.54, 1.807) is 12.3 Å². The Hall–Kier alpha value is -1.33. The molecular weight excluding hydrogens is 254 g/mol. The van der Waals surface area contributed by atoms with Crippen molar-refractivity contribution in [2.75, 3.05) is 26.2 Å². The number of pyridine rings is 1. The average Bonchev–Trinajstić information content (AvgIpc) is 3.12. The van der Waals surface area contributed by atoms with Crippen LogP contribution in [0.4, 0.5) is 4.79 Å². The van der Waals surface area contributed by atoms with E-state index in [0.29, 0.717) is 18.2 Å². The SMILES string of the molecule is O=C1N(Cc2ccc(Cl)nc2)CCN1CC1CO1. The quantitative estimate of drug-likeness (QED) is 0.612. The first kappa shape index (κ1) is 11.7. The summed E-state index contributed by atoms with van der Waals surface area (Å²) in [5, 5.41) is 0.471. The zero-order chi connectivity index (χ0) is 12.5. The number of ether oxygens (including phenoxy) is 1. The molecule has 2 aliphatic heterocycles. The highest BCUT2D eigenvalue weighted by Crippen LogP contribution is 2.18. The third-order valence-corrected chi connectivity index (χ3v) is 3.39. The molecule has 0 N–H and O–H groups in total. The van der Waals surface area contributed by atoms with Crippen molar-refractivity contribution in [2.45, 2.75) is 12.6 Å². The Morgan fingerprint density at radius 1 is 1.39 bits per heavy atom. The number of nitrogens with zero attached hydrogens (tertiary/aromatic N) is 3. The van der Waals surface area contributed by atoms with E-state index in [1.165, 1.54) is 0 Å². The smallest absolute Gasteiger partial charge is 0.320 e. The van der Waals surface area contributed by atoms with Crippen molar-refractivity contribution >= 4 is 17.6 Å². The summed E-state index contributed by atoms with van der Waals surface area (Å²) in [6, 6.07) is 3.73. The number of aromatic nitrogens is 1. The molecule has 2 fully saturated rings. The summed E-state index contributed by atoms with van der Waals surface area (Å²) in [5.41, 5.74) is 0.997. The Morgan fingerprint density at radius 3 is 2.83 bits per heavy atom. The lowest BCUT2D eigenvalue weighted by Gasteiger charge is -2.17. The Morgan fingerprint density at radius 2 is 2.17 bits per heavy atom. The van der Waals surface area contributed by atoms with Gasteiger partial charge in [-0.3, -0.25) is 0 Å². The fourth-order valence-electron chi connectivity index (χ4n) is 2.09. The molecule has 18 heavy (non-hydrogen) atoms. The first-order valence-corrected chi connectivity index (χ1v) is 6.36. The highest BCUT2D eigenvalue weighted by atomic mass is 35.5. The molecular formula is C12H14ClN3O2. The number of carbonyl (C=O) groups excluding carboxylic acids is 1. The topological polar surface area (TPSA) is 49.0 Å². The molecule has 0 aromatic carbocycles. The molecule has 0 saturated carbocycles. The van der Waals surface area contributed by atoms with Gasteiger partial charge < -0.3 is 14.5 Å². The Bertz CT molecular complexity index is 447. The van der Waals surface area contributed by atoms with E-state index in [-0.39, 0.29) is 12.1 Å². The second-order valence-electron chi connectivity index (χ2n) is 4.59. The summed E-state index contributed by atoms with van der Waals surface area (Å²) in [6.45, 7) is 3.62. The second-order valence-corrected chi connectivity index (χ2v) is 4.98. The molecule has 2 saturated heterocycles. The lowest BCUT2D eigenvalue weighted by atomic mass is 10.3. The highest BCUT2D eigenvalue weighted by molar-refractivity contribution is 6.29. The third kappa shape index (κ3) is 2.57. The highest BCUT2D eigenvalue weighted by Gasteiger charge is 2.33. The standard InChI is InChI=1S/C12H14ClN3O2/c13-11-2-1-9(5-14-11)6-15-3-4-16(12(15)17)7-10-8-18-10/h1-2,5,10H,3-4,6-8H2. The van der Waals surface area contributed by atoms with E-state index in [1.807, 2.05) is 15.9 Å². The van der Waals surface area contributed by atoms with Gasteiger partial charge in [-0.05, 0) is 11.6 Å². The monoisotopic (exact) mass is 267 g/mol. The van der Waals surface area contributed by atoms with E-state index < -0.39 is 0 Å². The summed E-state index contributed by atoms with van der Waals surface area (Å²) >= 11 is 5.73. The van der Waals surface area contributed by atoms with Gasteiger partial charge in [-0.25, -0.2) is 9.78 Å². The third-order valence-electron chi connectivity index (χ3n) is 3.17. The predicted molar refractivity (Wildman–Crippen MR) is 66.4 cm³/mol. The van der Waals surface area contributed by atoms with Crippen molar-refractivity contribution in [2.24, 2.45) is 0 Å². The van der Waals surface area contributed by atoms with Gasteiger partial charge in [0.05, 0.1) is 19.3 Å². The molecule has 1 aromatic rings. The number of halogens is 1. The van der Waals surface area contributed by atoms with Gasteiger partial charge in [-0.15, -0.1) is 0 Å². The van der Waals surface area contributed by atoms with Gasteiger partial charge >= 0.3 is 6.03 Å². The largest absolute Gasteiger partial charge is 0.371 e. The number of epoxide rings is 1. The Kier molecular flexibility index (Phi) is 3.09. The Balaban J connectivity index is 1.59. The number of urea groups is 1. The number of amides is 2. The second kappa shape index (κ2) is 4.74. The zero-order valence-corrected chi connectivity index (χ0v) is 10.6. The van der Waals surface area contributed by atoms with Crippen LogP contribution in [0.5, 0.6) is 0 Å². The van der Waals surface area contributed by atoms with Crippen LogP contribution in [0.25, 0.3) is 0 Å². The average molecular weight is 268 g/mol. The molecule has 0 bridgehead atoms. The minimum Gasteiger partial charge on any atom is -0.371 e. The maximum absolute atomic E-state index is 12.1. The van der Waals surface area contributed by atoms with Gasteiger partial charge in [0.25, 0.3) is 0 Å². The van der Waals surface area contributed by atoms with Gasteiger partial charge in [0.2, 0.25) is 0 Å². The molecule has 3 rings (SSSR count). The summed E-state index contributed by atoms with van der Waals surface area (Å²) in [5.74, 6) is 0. The zero-order valence-electron chi connectivity index (χ0n) is 9.88. The van der Waals surface area contributed by atoms with E-state index in [4.69, 9.17) is 16.3 Å². The molecule has 3 heterocycles. The molecule has 0 spiro atoms. The summed E-state index contributed by atoms with van der Waals surface area (Å²) in [4.78, 5) is 19.8. The fraction of sp³-hybridized carbons (Fsp3) is 0.500. The normalized spacial score (nSPS) is 22.7. The van der Waals surface area contributed by atoms with Crippen molar-refractivity contribution in [3.05, 3.63) is 29.0 Å². The van der Waals surface area contributed by atoms with E-state index in [0.717, 1.165) is 25.3 Å². The fourth-order valence-corrected chi connectivity index (χ4v) is 2.20. The van der Waals surface area contributed by atoms with Crippen LogP contribution in [-0.4, -0.2) is 53.2 Å². The van der Waals surface area contributed by atoms with Crippen LogP contribution in [0.3, 0.4) is 0 Å². The van der Waals surface area contributed by atoms with Crippen molar-refractivity contribution < 1.29 is 9.53 Å². The summed E-state index contributed by atoms with van der Waals surface area (Å²) in [6.07, 6.45) is 1.97. The molecule has 1 atom stereocenters. The molecule has 2 aliphatic rings. The first-order chi connectivity index (χ1) is 8.72. The molecule has 0 radical (unpaired) electrons. The lowest BCUT2D eigenvalue weighted by molar-refractivity contribution is 0.186. The molecule has 96 valence electrons. The maximum Gasteiger partial charge on any atom is 0.320 e. The van der Waals surface area contributed by atoms with Gasteiger partial charge in [0, 0.05) is 25.8 Å². The van der Waals surface area contributed by atoms with Crippen LogP contribution in [0, 0.1) is 0 Å². The van der Waals surface area contributed by atoms with Crippen LogP contribution in [0.1, 0.15) is 5.56 Å². The molecule has 6 heteroatoms. The number of hydrogen-bond donors (Lipinski definition) is 0. The molecule has 5 nitrogen and oxygen atoms in total. The minimum absolute atomic E-state index is 0.0838. The number of hydrogen-bond acceptors (Lipinski definition) is 3.